The molecule has 5 unspecified atom stereocenters. The first kappa shape index (κ1) is 38.9. The molecule has 0 saturated heterocycles. The highest BCUT2D eigenvalue weighted by Crippen LogP contribution is 2.53. The third-order valence-corrected chi connectivity index (χ3v) is 12.6. The van der Waals surface area contributed by atoms with E-state index < -0.39 is 37.0 Å². The molecule has 0 amide bonds. The van der Waals surface area contributed by atoms with Crippen LogP contribution in [0.4, 0.5) is 22.7 Å². The molecule has 11 nitrogen and oxygen atoms in total. The van der Waals surface area contributed by atoms with Crippen molar-refractivity contribution in [3.63, 3.8) is 0 Å². The molecule has 0 fully saturated rings. The lowest BCUT2D eigenvalue weighted by molar-refractivity contribution is 0.150. The SMILES string of the molecule is CCC(=CC1Oc2ccccc2[N+]1(CCC(C)S(=O)(=O)O)c1ccccc1)C=C1Oc2ccccc2[N+]1(CCC(C)S(=O)(=O)O)c1ccccc1.O. The summed E-state index contributed by atoms with van der Waals surface area (Å²) >= 11 is 0. The van der Waals surface area contributed by atoms with E-state index in [9.17, 15) is 25.9 Å². The zero-order chi connectivity index (χ0) is 36.4. The molecule has 0 aromatic heterocycles. The van der Waals surface area contributed by atoms with E-state index in [1.807, 2.05) is 128 Å². The first-order valence-electron chi connectivity index (χ1n) is 17.1. The number of rotatable bonds is 13. The van der Waals surface area contributed by atoms with Crippen molar-refractivity contribution in [2.75, 3.05) is 13.1 Å². The number of hydrogen-bond acceptors (Lipinski definition) is 6. The van der Waals surface area contributed by atoms with E-state index in [-0.39, 0.29) is 33.8 Å². The minimum atomic E-state index is -4.28. The van der Waals surface area contributed by atoms with Crippen LogP contribution in [0.15, 0.2) is 133 Å². The Morgan fingerprint density at radius 3 is 1.79 bits per heavy atom. The second-order valence-electron chi connectivity index (χ2n) is 13.1. The first-order chi connectivity index (χ1) is 24.3. The van der Waals surface area contributed by atoms with Crippen LogP contribution in [0.1, 0.15) is 40.0 Å². The Balaban J connectivity index is 0.00000523. The molecule has 4 aromatic rings. The molecule has 0 saturated carbocycles. The predicted octanol–water partition coefficient (Wildman–Crippen LogP) is 7.46. The Labute approximate surface area is 306 Å². The Morgan fingerprint density at radius 2 is 1.21 bits per heavy atom. The average Bonchev–Trinajstić information content (AvgIpc) is 3.61. The van der Waals surface area contributed by atoms with Crippen molar-refractivity contribution in [1.29, 1.82) is 0 Å². The van der Waals surface area contributed by atoms with Crippen LogP contribution < -0.4 is 18.4 Å². The van der Waals surface area contributed by atoms with Gasteiger partial charge < -0.3 is 14.9 Å². The number of hydrogen-bond donors (Lipinski definition) is 2. The molecule has 6 rings (SSSR count). The number of para-hydroxylation sites is 6. The molecule has 4 N–H and O–H groups in total. The normalized spacial score (nSPS) is 23.1. The van der Waals surface area contributed by atoms with Crippen LogP contribution in [0, 0.1) is 0 Å². The van der Waals surface area contributed by atoms with Crippen LogP contribution in [0.3, 0.4) is 0 Å². The van der Waals surface area contributed by atoms with Crippen molar-refractivity contribution < 1.29 is 40.9 Å². The van der Waals surface area contributed by atoms with Gasteiger partial charge in [0.2, 0.25) is 0 Å². The fraction of sp³-hybridized carbons (Fsp3) is 0.282. The van der Waals surface area contributed by atoms with Gasteiger partial charge in [-0.15, -0.1) is 0 Å². The van der Waals surface area contributed by atoms with Crippen molar-refractivity contribution in [2.45, 2.75) is 56.8 Å². The molecule has 276 valence electrons. The highest BCUT2D eigenvalue weighted by Gasteiger charge is 2.51. The van der Waals surface area contributed by atoms with Gasteiger partial charge in [-0.25, -0.2) is 4.48 Å². The van der Waals surface area contributed by atoms with E-state index in [4.69, 9.17) is 9.47 Å². The second-order valence-corrected chi connectivity index (χ2v) is 16.8. The molecule has 0 bridgehead atoms. The summed E-state index contributed by atoms with van der Waals surface area (Å²) in [5, 5.41) is -2.01. The van der Waals surface area contributed by atoms with Gasteiger partial charge in [-0.2, -0.15) is 21.3 Å². The summed E-state index contributed by atoms with van der Waals surface area (Å²) in [4.78, 5) is 0. The molecular weight excluding hydrogens is 705 g/mol. The molecule has 5 atom stereocenters. The lowest BCUT2D eigenvalue weighted by Crippen LogP contribution is -2.52. The Bertz CT molecular complexity index is 2160. The summed E-state index contributed by atoms with van der Waals surface area (Å²) in [6.45, 7) is 5.64. The Kier molecular flexibility index (Phi) is 11.5. The van der Waals surface area contributed by atoms with Crippen molar-refractivity contribution in [2.24, 2.45) is 0 Å². The summed E-state index contributed by atoms with van der Waals surface area (Å²) in [7, 11) is -8.56. The molecule has 0 radical (unpaired) electrons. The number of quaternary nitrogens is 2. The quantitative estimate of drug-likeness (QED) is 0.105. The van der Waals surface area contributed by atoms with Crippen molar-refractivity contribution in [3.8, 4) is 11.5 Å². The molecule has 4 aromatic carbocycles. The maximum atomic E-state index is 12.2. The fourth-order valence-electron chi connectivity index (χ4n) is 7.05. The minimum absolute atomic E-state index is 0. The van der Waals surface area contributed by atoms with Gasteiger partial charge in [0, 0.05) is 49.3 Å². The minimum Gasteiger partial charge on any atom is -0.432 e. The zero-order valence-electron chi connectivity index (χ0n) is 29.4. The van der Waals surface area contributed by atoms with Gasteiger partial charge in [0.1, 0.15) is 11.4 Å². The zero-order valence-corrected chi connectivity index (χ0v) is 31.0. The van der Waals surface area contributed by atoms with Gasteiger partial charge in [-0.05, 0) is 50.1 Å². The van der Waals surface area contributed by atoms with Crippen LogP contribution in [-0.4, -0.2) is 61.2 Å². The van der Waals surface area contributed by atoms with Gasteiger partial charge >= 0.3 is 5.88 Å². The molecule has 52 heavy (non-hydrogen) atoms. The van der Waals surface area contributed by atoms with E-state index >= 15 is 0 Å². The van der Waals surface area contributed by atoms with E-state index in [1.165, 1.54) is 13.8 Å². The summed E-state index contributed by atoms with van der Waals surface area (Å²) in [5.74, 6) is 1.87. The Hall–Kier alpha value is -4.34. The molecule has 13 heteroatoms. The van der Waals surface area contributed by atoms with Crippen molar-refractivity contribution in [3.05, 3.63) is 133 Å². The Morgan fingerprint density at radius 1 is 0.712 bits per heavy atom. The lowest BCUT2D eigenvalue weighted by Gasteiger charge is -2.37. The van der Waals surface area contributed by atoms with Gasteiger partial charge in [0.15, 0.2) is 22.9 Å². The largest absolute Gasteiger partial charge is 0.432 e. The van der Waals surface area contributed by atoms with Gasteiger partial charge in [0.05, 0.1) is 23.6 Å². The van der Waals surface area contributed by atoms with Crippen LogP contribution in [0.25, 0.3) is 0 Å². The van der Waals surface area contributed by atoms with Gasteiger partial charge in [-0.3, -0.25) is 9.11 Å². The van der Waals surface area contributed by atoms with E-state index in [0.29, 0.717) is 30.3 Å². The maximum Gasteiger partial charge on any atom is 0.307 e. The number of ether oxygens (including phenoxy) is 2. The summed E-state index contributed by atoms with van der Waals surface area (Å²) in [6, 6.07) is 34.9. The molecular formula is C39H46N2O9S2+2. The third-order valence-electron chi connectivity index (χ3n) is 10.1. The van der Waals surface area contributed by atoms with E-state index in [2.05, 4.69) is 0 Å². The third kappa shape index (κ3) is 7.30. The molecule has 2 aliphatic heterocycles. The summed E-state index contributed by atoms with van der Waals surface area (Å²) in [6.07, 6.45) is 4.30. The highest BCUT2D eigenvalue weighted by molar-refractivity contribution is 7.86. The standard InChI is InChI=1S/C39H42N2O8S2.H2O/c1-4-31(27-38-40(32-15-7-5-8-16-32,25-23-29(2)50(42,43)44)34-19-11-13-21-36(34)48-38)28-39-41(33-17-9-6-10-18-33,26-24-30(3)51(45,46)47)35-20-12-14-22-37(35)49-39;/h5-22,27-30,38H,4,23-26H2,1-3H3;1H2/p+2. The predicted molar refractivity (Wildman–Crippen MR) is 205 cm³/mol. The smallest absolute Gasteiger partial charge is 0.307 e. The van der Waals surface area contributed by atoms with Crippen LogP contribution in [0.2, 0.25) is 0 Å². The summed E-state index contributed by atoms with van der Waals surface area (Å²) in [5.41, 5.74) is 4.34. The number of fused-ring (bicyclic) bond motifs is 2. The summed E-state index contributed by atoms with van der Waals surface area (Å²) < 4.78 is 82.1. The van der Waals surface area contributed by atoms with Crippen LogP contribution in [-0.2, 0) is 20.2 Å². The van der Waals surface area contributed by atoms with E-state index in [1.54, 1.807) is 0 Å². The van der Waals surface area contributed by atoms with Crippen molar-refractivity contribution in [1.82, 2.24) is 8.97 Å². The van der Waals surface area contributed by atoms with Crippen LogP contribution in [0.5, 0.6) is 11.5 Å². The van der Waals surface area contributed by atoms with Crippen LogP contribution >= 0.6 is 0 Å². The molecule has 0 aliphatic carbocycles. The monoisotopic (exact) mass is 750 g/mol. The molecule has 2 heterocycles. The lowest BCUT2D eigenvalue weighted by atomic mass is 10.1. The topological polar surface area (TPSA) is 159 Å². The second kappa shape index (κ2) is 15.3. The number of allylic oxidation sites excluding steroid dienone is 2. The van der Waals surface area contributed by atoms with E-state index in [0.717, 1.165) is 28.3 Å². The van der Waals surface area contributed by atoms with Gasteiger partial charge in [0.25, 0.3) is 26.5 Å². The van der Waals surface area contributed by atoms with Gasteiger partial charge in [-0.1, -0.05) is 67.6 Å². The maximum absolute atomic E-state index is 12.2. The van der Waals surface area contributed by atoms with Crippen molar-refractivity contribution >= 4 is 43.0 Å². The average molecular weight is 751 g/mol. The molecule has 2 aliphatic rings. The highest BCUT2D eigenvalue weighted by atomic mass is 32.2. The number of nitrogens with zero attached hydrogens (tertiary/aromatic N) is 2. The fourth-order valence-corrected chi connectivity index (χ4v) is 7.85. The molecule has 0 spiro atoms. The number of benzene rings is 4. The first-order valence-corrected chi connectivity index (χ1v) is 20.1.